The molecule has 0 radical (unpaired) electrons. The number of hydrogen-bond acceptors (Lipinski definition) is 5. The fourth-order valence-corrected chi connectivity index (χ4v) is 2.82. The number of carbonyl (C=O) groups excluding carboxylic acids is 2. The Labute approximate surface area is 155 Å². The Morgan fingerprint density at radius 2 is 2.12 bits per heavy atom. The van der Waals surface area contributed by atoms with Crippen LogP contribution in [0.15, 0.2) is 47.6 Å². The van der Waals surface area contributed by atoms with Crippen LogP contribution in [0.5, 0.6) is 0 Å². The third-order valence-electron chi connectivity index (χ3n) is 4.28. The molecule has 1 aromatic carbocycles. The van der Waals surface area contributed by atoms with Crippen LogP contribution in [0.4, 0.5) is 5.69 Å². The van der Waals surface area contributed by atoms with Crippen molar-refractivity contribution in [1.29, 1.82) is 0 Å². The normalized spacial score (nSPS) is 19.9. The van der Waals surface area contributed by atoms with Crippen molar-refractivity contribution in [3.63, 3.8) is 0 Å². The van der Waals surface area contributed by atoms with E-state index in [0.29, 0.717) is 10.7 Å². The molecule has 26 heavy (non-hydrogen) atoms. The summed E-state index contributed by atoms with van der Waals surface area (Å²) in [6, 6.07) is 10.3. The maximum atomic E-state index is 12.3. The number of nitrogens with two attached hydrogens (primary N) is 1. The molecule has 8 heteroatoms. The number of pyridine rings is 1. The number of amides is 2. The van der Waals surface area contributed by atoms with Crippen LogP contribution in [-0.4, -0.2) is 34.7 Å². The van der Waals surface area contributed by atoms with Crippen molar-refractivity contribution in [2.24, 2.45) is 10.7 Å². The number of nitrogens with zero attached hydrogens (tertiary/aromatic N) is 3. The molecule has 134 valence electrons. The smallest absolute Gasteiger partial charge is 0.274 e. The zero-order chi connectivity index (χ0) is 18.9. The Bertz CT molecular complexity index is 897. The number of nitrogens with one attached hydrogen (secondary N) is 1. The summed E-state index contributed by atoms with van der Waals surface area (Å²) < 4.78 is 0. The number of aromatic nitrogens is 1. The molecule has 1 atom stereocenters. The lowest BCUT2D eigenvalue weighted by atomic mass is 9.87. The van der Waals surface area contributed by atoms with Crippen LogP contribution in [0.3, 0.4) is 0 Å². The van der Waals surface area contributed by atoms with E-state index in [4.69, 9.17) is 17.3 Å². The van der Waals surface area contributed by atoms with Crippen LogP contribution in [-0.2, 0) is 10.3 Å². The van der Waals surface area contributed by atoms with Gasteiger partial charge in [-0.1, -0.05) is 23.7 Å². The number of aliphatic imine (C=N–C) groups is 1. The lowest BCUT2D eigenvalue weighted by Gasteiger charge is -2.33. The molecule has 1 aliphatic heterocycles. The van der Waals surface area contributed by atoms with Crippen LogP contribution in [0.25, 0.3) is 0 Å². The second-order valence-corrected chi connectivity index (χ2v) is 6.71. The number of benzene rings is 1. The predicted octanol–water partition coefficient (Wildman–Crippen LogP) is 2.38. The van der Waals surface area contributed by atoms with Gasteiger partial charge in [-0.2, -0.15) is 0 Å². The number of rotatable bonds is 3. The molecule has 0 bridgehead atoms. The van der Waals surface area contributed by atoms with E-state index >= 15 is 0 Å². The van der Waals surface area contributed by atoms with Crippen LogP contribution in [0.1, 0.15) is 29.4 Å². The predicted molar refractivity (Wildman–Crippen MR) is 100 cm³/mol. The van der Waals surface area contributed by atoms with Gasteiger partial charge in [-0.3, -0.25) is 14.5 Å². The fraction of sp³-hybridized carbons (Fsp3) is 0.222. The van der Waals surface area contributed by atoms with Gasteiger partial charge in [-0.05, 0) is 36.8 Å². The van der Waals surface area contributed by atoms with Gasteiger partial charge in [0.2, 0.25) is 5.91 Å². The SMILES string of the molecule is CN1C(=O)CC(C)(c2cccc(NC(=O)c3ccc(Cl)cn3)c2)N=C1N. The van der Waals surface area contributed by atoms with Crippen molar-refractivity contribution in [3.05, 3.63) is 58.9 Å². The Kier molecular flexibility index (Phi) is 4.65. The second kappa shape index (κ2) is 6.76. The molecule has 1 aromatic heterocycles. The summed E-state index contributed by atoms with van der Waals surface area (Å²) in [4.78, 5) is 34.3. The molecule has 0 saturated carbocycles. The molecule has 0 saturated heterocycles. The first-order valence-corrected chi connectivity index (χ1v) is 8.32. The maximum Gasteiger partial charge on any atom is 0.274 e. The van der Waals surface area contributed by atoms with Crippen molar-refractivity contribution >= 4 is 35.1 Å². The molecule has 2 amide bonds. The minimum atomic E-state index is -0.785. The number of carbonyl (C=O) groups is 2. The number of guanidine groups is 1. The molecular formula is C18H18ClN5O2. The molecule has 3 rings (SSSR count). The minimum absolute atomic E-state index is 0.111. The van der Waals surface area contributed by atoms with E-state index in [0.717, 1.165) is 5.56 Å². The first kappa shape index (κ1) is 17.9. The van der Waals surface area contributed by atoms with Gasteiger partial charge in [0.05, 0.1) is 17.0 Å². The van der Waals surface area contributed by atoms with E-state index in [1.807, 2.05) is 13.0 Å². The van der Waals surface area contributed by atoms with Gasteiger partial charge in [0.15, 0.2) is 5.96 Å². The topological polar surface area (TPSA) is 101 Å². The van der Waals surface area contributed by atoms with Gasteiger partial charge in [0.1, 0.15) is 5.69 Å². The summed E-state index contributed by atoms with van der Waals surface area (Å²) in [7, 11) is 1.59. The van der Waals surface area contributed by atoms with Crippen molar-refractivity contribution in [2.45, 2.75) is 18.9 Å². The largest absolute Gasteiger partial charge is 0.369 e. The Balaban J connectivity index is 1.85. The fourth-order valence-electron chi connectivity index (χ4n) is 2.71. The van der Waals surface area contributed by atoms with E-state index in [-0.39, 0.29) is 29.9 Å². The summed E-state index contributed by atoms with van der Waals surface area (Å²) in [5, 5.41) is 3.24. The highest BCUT2D eigenvalue weighted by Gasteiger charge is 2.36. The van der Waals surface area contributed by atoms with Crippen molar-refractivity contribution in [1.82, 2.24) is 9.88 Å². The molecular weight excluding hydrogens is 354 g/mol. The van der Waals surface area contributed by atoms with Gasteiger partial charge in [-0.25, -0.2) is 9.98 Å². The third-order valence-corrected chi connectivity index (χ3v) is 4.50. The summed E-state index contributed by atoms with van der Waals surface area (Å²) in [6.45, 7) is 1.84. The molecule has 7 nitrogen and oxygen atoms in total. The molecule has 0 spiro atoms. The van der Waals surface area contributed by atoms with Crippen LogP contribution in [0.2, 0.25) is 5.02 Å². The van der Waals surface area contributed by atoms with Crippen molar-refractivity contribution < 1.29 is 9.59 Å². The van der Waals surface area contributed by atoms with Gasteiger partial charge in [-0.15, -0.1) is 0 Å². The summed E-state index contributed by atoms with van der Waals surface area (Å²) in [6.07, 6.45) is 1.61. The maximum absolute atomic E-state index is 12.3. The van der Waals surface area contributed by atoms with Crippen LogP contribution >= 0.6 is 11.6 Å². The average Bonchev–Trinajstić information content (AvgIpc) is 2.60. The monoisotopic (exact) mass is 371 g/mol. The molecule has 2 heterocycles. The Morgan fingerprint density at radius 3 is 2.77 bits per heavy atom. The van der Waals surface area contributed by atoms with Crippen molar-refractivity contribution in [2.75, 3.05) is 12.4 Å². The van der Waals surface area contributed by atoms with Gasteiger partial charge in [0, 0.05) is 18.9 Å². The highest BCUT2D eigenvalue weighted by atomic mass is 35.5. The number of hydrogen-bond donors (Lipinski definition) is 2. The first-order chi connectivity index (χ1) is 12.3. The first-order valence-electron chi connectivity index (χ1n) is 7.94. The standard InChI is InChI=1S/C18H18ClN5O2/c1-18(9-15(25)24(2)17(20)23-18)11-4-3-5-13(8-11)22-16(26)14-7-6-12(19)10-21-14/h3-8,10H,9H2,1-2H3,(H2,20,23)(H,22,26). The van der Waals surface area contributed by atoms with Crippen LogP contribution in [0, 0.1) is 0 Å². The highest BCUT2D eigenvalue weighted by Crippen LogP contribution is 2.34. The Hall–Kier alpha value is -2.93. The summed E-state index contributed by atoms with van der Waals surface area (Å²) in [5.41, 5.74) is 6.68. The quantitative estimate of drug-likeness (QED) is 0.864. The summed E-state index contributed by atoms with van der Waals surface area (Å²) >= 11 is 5.78. The van der Waals surface area contributed by atoms with Gasteiger partial charge < -0.3 is 11.1 Å². The third kappa shape index (κ3) is 3.52. The molecule has 3 N–H and O–H groups in total. The van der Waals surface area contributed by atoms with E-state index in [1.165, 1.54) is 11.1 Å². The molecule has 2 aromatic rings. The number of anilines is 1. The minimum Gasteiger partial charge on any atom is -0.369 e. The Morgan fingerprint density at radius 1 is 1.35 bits per heavy atom. The van der Waals surface area contributed by atoms with Gasteiger partial charge >= 0.3 is 0 Å². The highest BCUT2D eigenvalue weighted by molar-refractivity contribution is 6.30. The van der Waals surface area contributed by atoms with E-state index in [9.17, 15) is 9.59 Å². The average molecular weight is 372 g/mol. The molecule has 0 fully saturated rings. The zero-order valence-electron chi connectivity index (χ0n) is 14.4. The lowest BCUT2D eigenvalue weighted by molar-refractivity contribution is -0.128. The number of halogens is 1. The molecule has 0 aliphatic carbocycles. The van der Waals surface area contributed by atoms with Gasteiger partial charge in [0.25, 0.3) is 5.91 Å². The zero-order valence-corrected chi connectivity index (χ0v) is 15.1. The van der Waals surface area contributed by atoms with E-state index in [2.05, 4.69) is 15.3 Å². The lowest BCUT2D eigenvalue weighted by Crippen LogP contribution is -2.47. The molecule has 1 aliphatic rings. The molecule has 1 unspecified atom stereocenters. The summed E-state index contributed by atoms with van der Waals surface area (Å²) in [5.74, 6) is -0.296. The van der Waals surface area contributed by atoms with Crippen molar-refractivity contribution in [3.8, 4) is 0 Å². The van der Waals surface area contributed by atoms with Crippen LogP contribution < -0.4 is 11.1 Å². The second-order valence-electron chi connectivity index (χ2n) is 6.27. The van der Waals surface area contributed by atoms with E-state index < -0.39 is 5.54 Å². The van der Waals surface area contributed by atoms with E-state index in [1.54, 1.807) is 37.4 Å².